The predicted octanol–water partition coefficient (Wildman–Crippen LogP) is 11.7. The highest BCUT2D eigenvalue weighted by Gasteiger charge is 2.51. The summed E-state index contributed by atoms with van der Waals surface area (Å²) < 4.78 is 2.30. The Kier molecular flexibility index (Phi) is 6.53. The van der Waals surface area contributed by atoms with E-state index in [0.717, 1.165) is 55.7 Å². The van der Waals surface area contributed by atoms with Crippen molar-refractivity contribution in [1.82, 2.24) is 9.55 Å². The zero-order chi connectivity index (χ0) is 36.7. The molecule has 0 saturated heterocycles. The highest BCUT2D eigenvalue weighted by molar-refractivity contribution is 6.09. The Balaban J connectivity index is 1.24. The molecule has 0 radical (unpaired) electrons. The molecule has 0 atom stereocenters. The van der Waals surface area contributed by atoms with E-state index in [1.165, 1.54) is 33.4 Å². The first kappa shape index (κ1) is 30.9. The molecule has 11 rings (SSSR count). The van der Waals surface area contributed by atoms with Crippen molar-refractivity contribution in [3.05, 3.63) is 210 Å². The Morgan fingerprint density at radius 2 is 1.00 bits per heavy atom. The summed E-state index contributed by atoms with van der Waals surface area (Å²) in [5.41, 5.74) is 15.7. The average molecular weight is 700 g/mol. The van der Waals surface area contributed by atoms with Crippen LogP contribution in [0.2, 0.25) is 0 Å². The Morgan fingerprint density at radius 1 is 0.473 bits per heavy atom. The Hall–Kier alpha value is -7.73. The van der Waals surface area contributed by atoms with E-state index in [-0.39, 0.29) is 0 Å². The number of benzene rings is 7. The first-order valence-electron chi connectivity index (χ1n) is 18.3. The minimum Gasteiger partial charge on any atom is -0.310 e. The number of aromatic nitrogens is 2. The summed E-state index contributed by atoms with van der Waals surface area (Å²) in [5.74, 6) is 0. The number of rotatable bonds is 3. The number of pyridine rings is 1. The van der Waals surface area contributed by atoms with Crippen molar-refractivity contribution in [1.29, 1.82) is 10.5 Å². The van der Waals surface area contributed by atoms with Gasteiger partial charge in [-0.2, -0.15) is 10.5 Å². The number of fused-ring (bicyclic) bond motifs is 12. The molecule has 5 nitrogen and oxygen atoms in total. The number of nitriles is 2. The molecule has 0 saturated carbocycles. The van der Waals surface area contributed by atoms with Gasteiger partial charge in [-0.15, -0.1) is 0 Å². The maximum Gasteiger partial charge on any atom is 0.0992 e. The van der Waals surface area contributed by atoms with Crippen molar-refractivity contribution in [2.75, 3.05) is 4.90 Å². The van der Waals surface area contributed by atoms with Gasteiger partial charge in [-0.05, 0) is 105 Å². The van der Waals surface area contributed by atoms with E-state index in [2.05, 4.69) is 172 Å². The van der Waals surface area contributed by atoms with Gasteiger partial charge in [-0.1, -0.05) is 103 Å². The lowest BCUT2D eigenvalue weighted by atomic mass is 9.64. The zero-order valence-electron chi connectivity index (χ0n) is 29.5. The first-order chi connectivity index (χ1) is 27.2. The molecule has 254 valence electrons. The molecule has 0 N–H and O–H groups in total. The molecule has 9 aromatic rings. The fraction of sp³-hybridized carbons (Fsp3) is 0.0200. The fourth-order valence-electron chi connectivity index (χ4n) is 9.38. The largest absolute Gasteiger partial charge is 0.310 e. The van der Waals surface area contributed by atoms with E-state index in [4.69, 9.17) is 0 Å². The van der Waals surface area contributed by atoms with E-state index in [9.17, 15) is 10.5 Å². The molecule has 3 heterocycles. The topological polar surface area (TPSA) is 68.6 Å². The molecule has 0 bridgehead atoms. The van der Waals surface area contributed by atoms with E-state index >= 15 is 0 Å². The van der Waals surface area contributed by atoms with Gasteiger partial charge in [0.25, 0.3) is 0 Å². The molecule has 0 unspecified atom stereocenters. The number of anilines is 3. The van der Waals surface area contributed by atoms with Crippen LogP contribution < -0.4 is 4.90 Å². The van der Waals surface area contributed by atoms with Crippen molar-refractivity contribution in [2.45, 2.75) is 5.41 Å². The molecule has 7 aromatic carbocycles. The lowest BCUT2D eigenvalue weighted by Crippen LogP contribution is -2.36. The van der Waals surface area contributed by atoms with Crippen LogP contribution in [0.1, 0.15) is 33.4 Å². The summed E-state index contributed by atoms with van der Waals surface area (Å²) in [7, 11) is 0. The van der Waals surface area contributed by atoms with E-state index in [0.29, 0.717) is 11.1 Å². The van der Waals surface area contributed by atoms with Gasteiger partial charge in [0, 0.05) is 34.5 Å². The van der Waals surface area contributed by atoms with Crippen LogP contribution in [0.5, 0.6) is 0 Å². The molecular weight excluding hydrogens is 671 g/mol. The van der Waals surface area contributed by atoms with Gasteiger partial charge < -0.3 is 9.47 Å². The van der Waals surface area contributed by atoms with Gasteiger partial charge in [0.1, 0.15) is 0 Å². The van der Waals surface area contributed by atoms with Crippen LogP contribution >= 0.6 is 0 Å². The maximum absolute atomic E-state index is 10.0. The van der Waals surface area contributed by atoms with Crippen LogP contribution in [-0.4, -0.2) is 9.55 Å². The highest BCUT2D eigenvalue weighted by Crippen LogP contribution is 2.63. The fourth-order valence-corrected chi connectivity index (χ4v) is 9.38. The van der Waals surface area contributed by atoms with Crippen molar-refractivity contribution < 1.29 is 0 Å². The maximum atomic E-state index is 10.0. The quantitative estimate of drug-likeness (QED) is 0.184. The molecule has 5 heteroatoms. The van der Waals surface area contributed by atoms with Crippen molar-refractivity contribution in [3.8, 4) is 40.1 Å². The highest BCUT2D eigenvalue weighted by atomic mass is 15.2. The van der Waals surface area contributed by atoms with Crippen LogP contribution in [0, 0.1) is 22.7 Å². The lowest BCUT2D eigenvalue weighted by Gasteiger charge is -2.45. The average Bonchev–Trinajstić information content (AvgIpc) is 3.75. The Labute approximate surface area is 317 Å². The van der Waals surface area contributed by atoms with E-state index < -0.39 is 5.41 Å². The van der Waals surface area contributed by atoms with Crippen LogP contribution in [0.25, 0.3) is 49.7 Å². The molecule has 1 aliphatic carbocycles. The number of nitrogens with zero attached hydrogens (tertiary/aromatic N) is 5. The normalized spacial score (nSPS) is 13.2. The van der Waals surface area contributed by atoms with Gasteiger partial charge >= 0.3 is 0 Å². The second-order valence-corrected chi connectivity index (χ2v) is 14.2. The summed E-state index contributed by atoms with van der Waals surface area (Å²) >= 11 is 0. The minimum absolute atomic E-state index is 0.443. The Morgan fingerprint density at radius 3 is 1.65 bits per heavy atom. The monoisotopic (exact) mass is 699 g/mol. The molecule has 55 heavy (non-hydrogen) atoms. The minimum atomic E-state index is -0.528. The first-order valence-corrected chi connectivity index (χ1v) is 18.3. The molecule has 1 aliphatic heterocycles. The SMILES string of the molecule is N#Cc1cc(C#N)cc(-c2cc(N3c4ccccc4C4(c5ccccc5-c5ccccc54)c4ccccc43)cc(-n3c4ccccc4c4cnccc43)c2)c1. The molecule has 2 aromatic heterocycles. The van der Waals surface area contributed by atoms with E-state index in [1.807, 2.05) is 24.5 Å². The second-order valence-electron chi connectivity index (χ2n) is 14.2. The lowest BCUT2D eigenvalue weighted by molar-refractivity contribution is 0.752. The number of para-hydroxylation sites is 3. The number of hydrogen-bond acceptors (Lipinski definition) is 4. The summed E-state index contributed by atoms with van der Waals surface area (Å²) in [6.45, 7) is 0. The van der Waals surface area contributed by atoms with Crippen LogP contribution in [0.15, 0.2) is 176 Å². The van der Waals surface area contributed by atoms with Gasteiger partial charge in [-0.25, -0.2) is 0 Å². The van der Waals surface area contributed by atoms with Gasteiger partial charge in [0.2, 0.25) is 0 Å². The summed E-state index contributed by atoms with van der Waals surface area (Å²) in [6.07, 6.45) is 3.77. The van der Waals surface area contributed by atoms with Gasteiger partial charge in [0.15, 0.2) is 0 Å². The molecule has 0 amide bonds. The molecule has 2 aliphatic rings. The van der Waals surface area contributed by atoms with Crippen molar-refractivity contribution >= 4 is 38.9 Å². The zero-order valence-corrected chi connectivity index (χ0v) is 29.5. The predicted molar refractivity (Wildman–Crippen MR) is 219 cm³/mol. The van der Waals surface area contributed by atoms with Crippen molar-refractivity contribution in [2.24, 2.45) is 0 Å². The Bertz CT molecular complexity index is 2980. The molecule has 1 spiro atoms. The van der Waals surface area contributed by atoms with E-state index in [1.54, 1.807) is 6.07 Å². The van der Waals surface area contributed by atoms with Crippen LogP contribution in [-0.2, 0) is 5.41 Å². The molecular formula is C50H29N5. The summed E-state index contributed by atoms with van der Waals surface area (Å²) in [6, 6.07) is 62.3. The third-order valence-corrected chi connectivity index (χ3v) is 11.5. The number of hydrogen-bond donors (Lipinski definition) is 0. The van der Waals surface area contributed by atoms with Gasteiger partial charge in [-0.3, -0.25) is 4.98 Å². The summed E-state index contributed by atoms with van der Waals surface area (Å²) in [4.78, 5) is 6.89. The van der Waals surface area contributed by atoms with Crippen LogP contribution in [0.4, 0.5) is 17.1 Å². The second kappa shape index (κ2) is 11.6. The van der Waals surface area contributed by atoms with Crippen molar-refractivity contribution in [3.63, 3.8) is 0 Å². The smallest absolute Gasteiger partial charge is 0.0992 e. The molecule has 0 fully saturated rings. The van der Waals surface area contributed by atoms with Gasteiger partial charge in [0.05, 0.1) is 51.1 Å². The standard InChI is InChI=1S/C50H29N5/c51-29-32-23-33(30-52)25-34(24-32)35-26-36(54-46-18-8-3-13-40(46)41-31-53-22-21-47(41)54)28-37(27-35)55-48-19-9-6-16-44(48)50(45-17-7-10-20-49(45)55)42-14-4-1-11-38(42)39-12-2-5-15-43(39)50/h1-28,31H. The third kappa shape index (κ3) is 4.24. The third-order valence-electron chi connectivity index (χ3n) is 11.5. The summed E-state index contributed by atoms with van der Waals surface area (Å²) in [5, 5.41) is 22.2. The van der Waals surface area contributed by atoms with Crippen LogP contribution in [0.3, 0.4) is 0 Å².